The fourth-order valence-electron chi connectivity index (χ4n) is 3.50. The minimum Gasteiger partial charge on any atom is -0.349 e. The average molecular weight is 466 g/mol. The van der Waals surface area contributed by atoms with Crippen molar-refractivity contribution in [1.29, 1.82) is 0 Å². The van der Waals surface area contributed by atoms with Crippen molar-refractivity contribution in [3.05, 3.63) is 102 Å². The van der Waals surface area contributed by atoms with Crippen LogP contribution in [-0.2, 0) is 14.8 Å². The molecule has 2 atom stereocenters. The second-order valence-corrected chi connectivity index (χ2v) is 9.51. The zero-order valence-electron chi connectivity index (χ0n) is 18.5. The highest BCUT2D eigenvalue weighted by Gasteiger charge is 2.21. The molecule has 0 aliphatic carbocycles. The molecular formula is C25H27N3O4S. The summed E-state index contributed by atoms with van der Waals surface area (Å²) in [5.74, 6) is -0.549. The lowest BCUT2D eigenvalue weighted by Gasteiger charge is -2.22. The summed E-state index contributed by atoms with van der Waals surface area (Å²) in [6, 6.07) is 24.0. The van der Waals surface area contributed by atoms with Crippen LogP contribution in [0, 0.1) is 0 Å². The van der Waals surface area contributed by atoms with Crippen LogP contribution in [-0.4, -0.2) is 26.5 Å². The van der Waals surface area contributed by atoms with Gasteiger partial charge in [0, 0.05) is 5.56 Å². The van der Waals surface area contributed by atoms with E-state index in [1.807, 2.05) is 36.4 Å². The van der Waals surface area contributed by atoms with Crippen LogP contribution in [0.1, 0.15) is 46.9 Å². The van der Waals surface area contributed by atoms with Crippen LogP contribution in [0.15, 0.2) is 84.9 Å². The number of benzene rings is 3. The molecule has 3 aromatic rings. The highest BCUT2D eigenvalue weighted by Crippen LogP contribution is 2.24. The summed E-state index contributed by atoms with van der Waals surface area (Å²) in [5, 5.41) is 5.86. The van der Waals surface area contributed by atoms with Crippen molar-refractivity contribution < 1.29 is 18.0 Å². The molecule has 0 aliphatic heterocycles. The molecule has 0 saturated heterocycles. The molecule has 33 heavy (non-hydrogen) atoms. The first-order valence-corrected chi connectivity index (χ1v) is 12.4. The maximum absolute atomic E-state index is 12.9. The van der Waals surface area contributed by atoms with E-state index in [4.69, 9.17) is 0 Å². The largest absolute Gasteiger partial charge is 0.349 e. The van der Waals surface area contributed by atoms with Crippen LogP contribution in [0.2, 0.25) is 0 Å². The summed E-state index contributed by atoms with van der Waals surface area (Å²) < 4.78 is 25.8. The molecule has 172 valence electrons. The first-order valence-electron chi connectivity index (χ1n) is 10.5. The number of para-hydroxylation sites is 1. The number of anilines is 1. The van der Waals surface area contributed by atoms with Crippen molar-refractivity contribution in [3.63, 3.8) is 0 Å². The Bertz CT molecular complexity index is 1200. The summed E-state index contributed by atoms with van der Waals surface area (Å²) >= 11 is 0. The number of nitrogens with one attached hydrogen (secondary N) is 3. The predicted molar refractivity (Wildman–Crippen MR) is 129 cm³/mol. The van der Waals surface area contributed by atoms with Crippen LogP contribution in [0.25, 0.3) is 0 Å². The number of amides is 2. The van der Waals surface area contributed by atoms with Crippen LogP contribution in [0.5, 0.6) is 0 Å². The number of sulfonamides is 1. The van der Waals surface area contributed by atoms with E-state index in [0.717, 1.165) is 11.8 Å². The fourth-order valence-corrected chi connectivity index (χ4v) is 4.08. The van der Waals surface area contributed by atoms with Gasteiger partial charge in [-0.15, -0.1) is 0 Å². The Kier molecular flexibility index (Phi) is 7.84. The van der Waals surface area contributed by atoms with Gasteiger partial charge < -0.3 is 10.6 Å². The quantitative estimate of drug-likeness (QED) is 0.447. The second kappa shape index (κ2) is 10.8. The molecule has 0 bridgehead atoms. The Morgan fingerprint density at radius 3 is 2.03 bits per heavy atom. The topological polar surface area (TPSA) is 104 Å². The van der Waals surface area contributed by atoms with Gasteiger partial charge >= 0.3 is 0 Å². The van der Waals surface area contributed by atoms with E-state index >= 15 is 0 Å². The lowest BCUT2D eigenvalue weighted by Crippen LogP contribution is -2.35. The average Bonchev–Trinajstić information content (AvgIpc) is 2.79. The van der Waals surface area contributed by atoms with Crippen LogP contribution >= 0.6 is 0 Å². The van der Waals surface area contributed by atoms with Gasteiger partial charge in [-0.05, 0) is 36.2 Å². The molecule has 0 heterocycles. The zero-order chi connectivity index (χ0) is 23.8. The smallest absolute Gasteiger partial charge is 0.251 e. The molecule has 3 N–H and O–H groups in total. The van der Waals surface area contributed by atoms with Gasteiger partial charge in [0.25, 0.3) is 5.91 Å². The SMILES string of the molecule is CC(NC(=O)CC(NC(=O)c1ccccc1)c1ccccc1)c1ccccc1NS(C)(=O)=O. The molecule has 0 fully saturated rings. The number of carbonyl (C=O) groups is 2. The van der Waals surface area contributed by atoms with E-state index in [1.165, 1.54) is 0 Å². The normalized spacial score (nSPS) is 12.9. The molecule has 0 aromatic heterocycles. The van der Waals surface area contributed by atoms with Crippen LogP contribution < -0.4 is 15.4 Å². The van der Waals surface area contributed by atoms with Crippen molar-refractivity contribution in [1.82, 2.24) is 10.6 Å². The molecule has 0 aliphatic rings. The van der Waals surface area contributed by atoms with E-state index in [0.29, 0.717) is 16.8 Å². The first kappa shape index (κ1) is 24.0. The Hall–Kier alpha value is -3.65. The van der Waals surface area contributed by atoms with E-state index < -0.39 is 22.1 Å². The molecule has 8 heteroatoms. The summed E-state index contributed by atoms with van der Waals surface area (Å²) in [4.78, 5) is 25.6. The molecule has 7 nitrogen and oxygen atoms in total. The first-order chi connectivity index (χ1) is 15.7. The maximum Gasteiger partial charge on any atom is 0.251 e. The van der Waals surface area contributed by atoms with Crippen molar-refractivity contribution >= 4 is 27.5 Å². The summed E-state index contributed by atoms with van der Waals surface area (Å²) in [7, 11) is -3.47. The van der Waals surface area contributed by atoms with Gasteiger partial charge in [-0.25, -0.2) is 8.42 Å². The van der Waals surface area contributed by atoms with Crippen molar-refractivity contribution in [2.75, 3.05) is 11.0 Å². The van der Waals surface area contributed by atoms with E-state index in [-0.39, 0.29) is 18.2 Å². The number of hydrogen-bond acceptors (Lipinski definition) is 4. The lowest BCUT2D eigenvalue weighted by molar-refractivity contribution is -0.122. The van der Waals surface area contributed by atoms with Gasteiger partial charge in [0.15, 0.2) is 0 Å². The molecule has 2 amide bonds. The van der Waals surface area contributed by atoms with Gasteiger partial charge in [-0.2, -0.15) is 0 Å². The minimum atomic E-state index is -3.47. The number of carbonyl (C=O) groups excluding carboxylic acids is 2. The molecular weight excluding hydrogens is 438 g/mol. The van der Waals surface area contributed by atoms with Gasteiger partial charge in [-0.3, -0.25) is 14.3 Å². The minimum absolute atomic E-state index is 0.0224. The second-order valence-electron chi connectivity index (χ2n) is 7.76. The van der Waals surface area contributed by atoms with Gasteiger partial charge in [-0.1, -0.05) is 66.7 Å². The van der Waals surface area contributed by atoms with Crippen LogP contribution in [0.4, 0.5) is 5.69 Å². The molecule has 3 aromatic carbocycles. The summed E-state index contributed by atoms with van der Waals surface area (Å²) in [6.45, 7) is 1.78. The Labute approximate surface area is 194 Å². The molecule has 0 saturated carbocycles. The summed E-state index contributed by atoms with van der Waals surface area (Å²) in [6.07, 6.45) is 1.10. The third kappa shape index (κ3) is 7.18. The van der Waals surface area contributed by atoms with Gasteiger partial charge in [0.2, 0.25) is 15.9 Å². The summed E-state index contributed by atoms with van der Waals surface area (Å²) in [5.41, 5.74) is 2.36. The Morgan fingerprint density at radius 2 is 1.39 bits per heavy atom. The Morgan fingerprint density at radius 1 is 0.818 bits per heavy atom. The van der Waals surface area contributed by atoms with Gasteiger partial charge in [0.1, 0.15) is 0 Å². The third-order valence-corrected chi connectivity index (χ3v) is 5.62. The third-order valence-electron chi connectivity index (χ3n) is 5.03. The fraction of sp³-hybridized carbons (Fsp3) is 0.200. The molecule has 2 unspecified atom stereocenters. The molecule has 0 spiro atoms. The standard InChI is InChI=1S/C25H27N3O4S/c1-18(21-15-9-10-16-22(21)28-33(2,31)32)26-24(29)17-23(19-11-5-3-6-12-19)27-25(30)20-13-7-4-8-14-20/h3-16,18,23,28H,17H2,1-2H3,(H,26,29)(H,27,30). The van der Waals surface area contributed by atoms with Gasteiger partial charge in [0.05, 0.1) is 30.4 Å². The van der Waals surface area contributed by atoms with E-state index in [1.54, 1.807) is 55.5 Å². The van der Waals surface area contributed by atoms with Crippen molar-refractivity contribution in [3.8, 4) is 0 Å². The highest BCUT2D eigenvalue weighted by molar-refractivity contribution is 7.92. The lowest BCUT2D eigenvalue weighted by atomic mass is 10.0. The van der Waals surface area contributed by atoms with Crippen molar-refractivity contribution in [2.45, 2.75) is 25.4 Å². The number of hydrogen-bond donors (Lipinski definition) is 3. The maximum atomic E-state index is 12.9. The van der Waals surface area contributed by atoms with E-state index in [2.05, 4.69) is 15.4 Å². The molecule has 3 rings (SSSR count). The van der Waals surface area contributed by atoms with Crippen LogP contribution in [0.3, 0.4) is 0 Å². The Balaban J connectivity index is 1.74. The predicted octanol–water partition coefficient (Wildman–Crippen LogP) is 3.80. The number of rotatable bonds is 9. The molecule has 0 radical (unpaired) electrons. The van der Waals surface area contributed by atoms with Crippen molar-refractivity contribution in [2.24, 2.45) is 0 Å². The zero-order valence-corrected chi connectivity index (χ0v) is 19.3. The monoisotopic (exact) mass is 465 g/mol. The highest BCUT2D eigenvalue weighted by atomic mass is 32.2. The van der Waals surface area contributed by atoms with E-state index in [9.17, 15) is 18.0 Å².